The minimum absolute atomic E-state index is 0.141. The monoisotopic (exact) mass is 316 g/mol. The first kappa shape index (κ1) is 16.3. The summed E-state index contributed by atoms with van der Waals surface area (Å²) >= 11 is 0. The predicted octanol–water partition coefficient (Wildman–Crippen LogP) is 3.32. The molecule has 0 saturated carbocycles. The van der Waals surface area contributed by atoms with Crippen molar-refractivity contribution in [1.29, 1.82) is 0 Å². The Hall–Kier alpha value is -1.55. The van der Waals surface area contributed by atoms with Crippen molar-refractivity contribution in [2.75, 3.05) is 37.7 Å². The number of rotatable bonds is 5. The van der Waals surface area contributed by atoms with Crippen LogP contribution in [-0.4, -0.2) is 49.7 Å². The largest absolute Gasteiger partial charge is 0.376 e. The minimum Gasteiger partial charge on any atom is -0.376 e. The summed E-state index contributed by atoms with van der Waals surface area (Å²) in [5.74, 6) is 0.141. The summed E-state index contributed by atoms with van der Waals surface area (Å²) in [4.78, 5) is 17.1. The molecule has 4 nitrogen and oxygen atoms in total. The van der Waals surface area contributed by atoms with Crippen LogP contribution in [0.2, 0.25) is 0 Å². The second-order valence-corrected chi connectivity index (χ2v) is 6.63. The molecule has 0 bridgehead atoms. The zero-order valence-electron chi connectivity index (χ0n) is 14.2. The molecule has 126 valence electrons. The number of hydrogen-bond acceptors (Lipinski definition) is 3. The third kappa shape index (κ3) is 4.05. The van der Waals surface area contributed by atoms with E-state index in [4.69, 9.17) is 4.74 Å². The van der Waals surface area contributed by atoms with Crippen LogP contribution < -0.4 is 4.90 Å². The molecule has 2 fully saturated rings. The van der Waals surface area contributed by atoms with Crippen LogP contribution in [0.1, 0.15) is 49.4 Å². The molecule has 1 aromatic carbocycles. The van der Waals surface area contributed by atoms with Crippen molar-refractivity contribution in [3.05, 3.63) is 29.8 Å². The van der Waals surface area contributed by atoms with Crippen LogP contribution in [0.15, 0.2) is 24.3 Å². The zero-order chi connectivity index (χ0) is 16.1. The van der Waals surface area contributed by atoms with Crippen molar-refractivity contribution in [2.45, 2.75) is 45.1 Å². The number of carbonyl (C=O) groups is 1. The number of carbonyl (C=O) groups excluding carboxylic acids is 1. The molecule has 0 N–H and O–H groups in total. The van der Waals surface area contributed by atoms with Crippen molar-refractivity contribution < 1.29 is 9.53 Å². The molecule has 0 spiro atoms. The highest BCUT2D eigenvalue weighted by molar-refractivity contribution is 5.94. The van der Waals surface area contributed by atoms with Crippen LogP contribution >= 0.6 is 0 Å². The molecular formula is C19H28N2O2. The van der Waals surface area contributed by atoms with Crippen molar-refractivity contribution >= 4 is 11.6 Å². The average Bonchev–Trinajstić information content (AvgIpc) is 3.14. The van der Waals surface area contributed by atoms with Gasteiger partial charge >= 0.3 is 0 Å². The number of hydrogen-bond donors (Lipinski definition) is 0. The van der Waals surface area contributed by atoms with E-state index < -0.39 is 0 Å². The van der Waals surface area contributed by atoms with Gasteiger partial charge in [0.2, 0.25) is 0 Å². The Morgan fingerprint density at radius 3 is 2.57 bits per heavy atom. The number of ether oxygens (including phenoxy) is 1. The summed E-state index contributed by atoms with van der Waals surface area (Å²) in [6.07, 6.45) is 5.88. The number of amides is 1. The lowest BCUT2D eigenvalue weighted by Crippen LogP contribution is -2.43. The fourth-order valence-electron chi connectivity index (χ4n) is 3.52. The van der Waals surface area contributed by atoms with Gasteiger partial charge in [-0.2, -0.15) is 0 Å². The van der Waals surface area contributed by atoms with Gasteiger partial charge in [-0.3, -0.25) is 4.79 Å². The highest BCUT2D eigenvalue weighted by Crippen LogP contribution is 2.22. The van der Waals surface area contributed by atoms with Gasteiger partial charge in [0.05, 0.1) is 6.10 Å². The van der Waals surface area contributed by atoms with Crippen molar-refractivity contribution in [1.82, 2.24) is 4.90 Å². The Morgan fingerprint density at radius 1 is 1.13 bits per heavy atom. The standard InChI is InChI=1S/C19H28N2O2/c1-2-14-23-18-6-5-13-21(15-18)19(22)16-7-9-17(10-8-16)20-11-3-4-12-20/h7-10,18H,2-6,11-15H2,1H3. The maximum absolute atomic E-state index is 12.7. The number of benzene rings is 1. The van der Waals surface area contributed by atoms with E-state index >= 15 is 0 Å². The van der Waals surface area contributed by atoms with Gasteiger partial charge in [0, 0.05) is 44.0 Å². The summed E-state index contributed by atoms with van der Waals surface area (Å²) < 4.78 is 5.83. The normalized spacial score (nSPS) is 21.7. The summed E-state index contributed by atoms with van der Waals surface area (Å²) in [5.41, 5.74) is 2.03. The Bertz CT molecular complexity index is 509. The lowest BCUT2D eigenvalue weighted by Gasteiger charge is -2.32. The SMILES string of the molecule is CCCOC1CCCN(C(=O)c2ccc(N3CCCC3)cc2)C1. The highest BCUT2D eigenvalue weighted by atomic mass is 16.5. The molecule has 1 amide bonds. The number of anilines is 1. The van der Waals surface area contributed by atoms with Gasteiger partial charge in [0.1, 0.15) is 0 Å². The second kappa shape index (κ2) is 7.82. The van der Waals surface area contributed by atoms with Crippen LogP contribution in [-0.2, 0) is 4.74 Å². The van der Waals surface area contributed by atoms with Crippen LogP contribution in [0.5, 0.6) is 0 Å². The molecule has 2 saturated heterocycles. The van der Waals surface area contributed by atoms with E-state index in [1.165, 1.54) is 18.5 Å². The van der Waals surface area contributed by atoms with Gasteiger partial charge in [0.15, 0.2) is 0 Å². The fraction of sp³-hybridized carbons (Fsp3) is 0.632. The van der Waals surface area contributed by atoms with Gasteiger partial charge in [0.25, 0.3) is 5.91 Å². The quantitative estimate of drug-likeness (QED) is 0.835. The summed E-state index contributed by atoms with van der Waals surface area (Å²) in [7, 11) is 0. The Morgan fingerprint density at radius 2 is 1.87 bits per heavy atom. The summed E-state index contributed by atoms with van der Waals surface area (Å²) in [6.45, 7) is 6.75. The first-order chi connectivity index (χ1) is 11.3. The Labute approximate surface area is 139 Å². The third-order valence-corrected chi connectivity index (χ3v) is 4.81. The number of nitrogens with zero attached hydrogens (tertiary/aromatic N) is 2. The number of piperidine rings is 1. The molecule has 23 heavy (non-hydrogen) atoms. The fourth-order valence-corrected chi connectivity index (χ4v) is 3.52. The van der Waals surface area contributed by atoms with E-state index in [2.05, 4.69) is 24.0 Å². The Kier molecular flexibility index (Phi) is 5.55. The van der Waals surface area contributed by atoms with Crippen molar-refractivity contribution in [2.24, 2.45) is 0 Å². The van der Waals surface area contributed by atoms with Crippen LogP contribution in [0, 0.1) is 0 Å². The molecule has 2 aliphatic rings. The van der Waals surface area contributed by atoms with Gasteiger partial charge < -0.3 is 14.5 Å². The molecule has 1 unspecified atom stereocenters. The molecule has 2 aliphatic heterocycles. The summed E-state index contributed by atoms with van der Waals surface area (Å²) in [6, 6.07) is 8.14. The molecule has 3 rings (SSSR count). The maximum atomic E-state index is 12.7. The van der Waals surface area contributed by atoms with E-state index in [0.717, 1.165) is 57.6 Å². The molecule has 1 atom stereocenters. The average molecular weight is 316 g/mol. The van der Waals surface area contributed by atoms with Crippen molar-refractivity contribution in [3.63, 3.8) is 0 Å². The molecule has 0 aromatic heterocycles. The number of likely N-dealkylation sites (tertiary alicyclic amines) is 1. The van der Waals surface area contributed by atoms with Gasteiger partial charge in [-0.25, -0.2) is 0 Å². The molecule has 0 radical (unpaired) electrons. The first-order valence-electron chi connectivity index (χ1n) is 9.04. The third-order valence-electron chi connectivity index (χ3n) is 4.81. The lowest BCUT2D eigenvalue weighted by molar-refractivity contribution is 0.00211. The van der Waals surface area contributed by atoms with Gasteiger partial charge in [-0.15, -0.1) is 0 Å². The Balaban J connectivity index is 1.60. The van der Waals surface area contributed by atoms with Crippen LogP contribution in [0.4, 0.5) is 5.69 Å². The zero-order valence-corrected chi connectivity index (χ0v) is 14.2. The molecule has 4 heteroatoms. The molecule has 1 aromatic rings. The smallest absolute Gasteiger partial charge is 0.253 e. The van der Waals surface area contributed by atoms with E-state index in [1.54, 1.807) is 0 Å². The van der Waals surface area contributed by atoms with Crippen molar-refractivity contribution in [3.8, 4) is 0 Å². The molecule has 0 aliphatic carbocycles. The predicted molar refractivity (Wildman–Crippen MR) is 93.1 cm³/mol. The van der Waals surface area contributed by atoms with E-state index in [0.29, 0.717) is 0 Å². The van der Waals surface area contributed by atoms with E-state index in [-0.39, 0.29) is 12.0 Å². The van der Waals surface area contributed by atoms with E-state index in [1.807, 2.05) is 17.0 Å². The van der Waals surface area contributed by atoms with Crippen LogP contribution in [0.25, 0.3) is 0 Å². The molecule has 2 heterocycles. The van der Waals surface area contributed by atoms with E-state index in [9.17, 15) is 4.79 Å². The lowest BCUT2D eigenvalue weighted by atomic mass is 10.1. The molecular weight excluding hydrogens is 288 g/mol. The second-order valence-electron chi connectivity index (χ2n) is 6.63. The van der Waals surface area contributed by atoms with Crippen LogP contribution in [0.3, 0.4) is 0 Å². The first-order valence-corrected chi connectivity index (χ1v) is 9.04. The topological polar surface area (TPSA) is 32.8 Å². The van der Waals surface area contributed by atoms with Gasteiger partial charge in [-0.1, -0.05) is 6.92 Å². The van der Waals surface area contributed by atoms with Gasteiger partial charge in [-0.05, 0) is 56.4 Å². The minimum atomic E-state index is 0.141. The highest BCUT2D eigenvalue weighted by Gasteiger charge is 2.25. The maximum Gasteiger partial charge on any atom is 0.253 e. The summed E-state index contributed by atoms with van der Waals surface area (Å²) in [5, 5.41) is 0.